The van der Waals surface area contributed by atoms with E-state index in [2.05, 4.69) is 5.32 Å². The summed E-state index contributed by atoms with van der Waals surface area (Å²) < 4.78 is 5.53. The Bertz CT molecular complexity index is 504. The standard InChI is InChI=1S/C18H26N2O3/c1-2-7-17(21)19-12-15-8-6-11-20(13-15)18(22)14-23-16-9-4-3-5-10-16/h3-5,9-10,15H,2,6-8,11-14H2,1H3,(H,19,21). The molecule has 5 heteroatoms. The summed E-state index contributed by atoms with van der Waals surface area (Å²) >= 11 is 0. The maximum Gasteiger partial charge on any atom is 0.260 e. The maximum absolute atomic E-state index is 12.3. The second-order valence-corrected chi connectivity index (χ2v) is 6.00. The van der Waals surface area contributed by atoms with E-state index in [0.717, 1.165) is 25.8 Å². The van der Waals surface area contributed by atoms with Crippen LogP contribution in [0.5, 0.6) is 5.75 Å². The van der Waals surface area contributed by atoms with Gasteiger partial charge in [-0.2, -0.15) is 0 Å². The number of ether oxygens (including phenoxy) is 1. The van der Waals surface area contributed by atoms with Gasteiger partial charge in [-0.15, -0.1) is 0 Å². The van der Waals surface area contributed by atoms with Gasteiger partial charge < -0.3 is 15.0 Å². The van der Waals surface area contributed by atoms with Gasteiger partial charge >= 0.3 is 0 Å². The van der Waals surface area contributed by atoms with Crippen molar-refractivity contribution in [2.75, 3.05) is 26.2 Å². The van der Waals surface area contributed by atoms with Gasteiger partial charge in [0.25, 0.3) is 5.91 Å². The monoisotopic (exact) mass is 318 g/mol. The normalized spacial score (nSPS) is 17.6. The summed E-state index contributed by atoms with van der Waals surface area (Å²) in [4.78, 5) is 25.7. The van der Waals surface area contributed by atoms with Gasteiger partial charge in [-0.05, 0) is 37.3 Å². The fraction of sp³-hybridized carbons (Fsp3) is 0.556. The Hall–Kier alpha value is -2.04. The molecule has 0 bridgehead atoms. The van der Waals surface area contributed by atoms with E-state index in [-0.39, 0.29) is 18.4 Å². The summed E-state index contributed by atoms with van der Waals surface area (Å²) in [5, 5.41) is 2.96. The Labute approximate surface area is 138 Å². The van der Waals surface area contributed by atoms with Gasteiger partial charge in [-0.1, -0.05) is 25.1 Å². The number of carbonyl (C=O) groups is 2. The van der Waals surface area contributed by atoms with E-state index < -0.39 is 0 Å². The molecule has 1 aliphatic rings. The predicted octanol–water partition coefficient (Wildman–Crippen LogP) is 2.22. The van der Waals surface area contributed by atoms with E-state index in [1.54, 1.807) is 0 Å². The molecule has 2 rings (SSSR count). The highest BCUT2D eigenvalue weighted by Crippen LogP contribution is 2.16. The molecule has 1 aromatic carbocycles. The molecule has 1 unspecified atom stereocenters. The Balaban J connectivity index is 1.74. The fourth-order valence-corrected chi connectivity index (χ4v) is 2.78. The summed E-state index contributed by atoms with van der Waals surface area (Å²) in [7, 11) is 0. The Morgan fingerprint density at radius 3 is 2.83 bits per heavy atom. The molecule has 2 amide bonds. The first-order valence-corrected chi connectivity index (χ1v) is 8.41. The van der Waals surface area contributed by atoms with Gasteiger partial charge in [-0.3, -0.25) is 9.59 Å². The van der Waals surface area contributed by atoms with Crippen molar-refractivity contribution in [3.8, 4) is 5.75 Å². The number of para-hydroxylation sites is 1. The first kappa shape index (κ1) is 17.3. The van der Waals surface area contributed by atoms with Crippen molar-refractivity contribution in [3.05, 3.63) is 30.3 Å². The highest BCUT2D eigenvalue weighted by atomic mass is 16.5. The lowest BCUT2D eigenvalue weighted by Crippen LogP contribution is -2.45. The number of piperidine rings is 1. The molecule has 1 aromatic rings. The average Bonchev–Trinajstić information content (AvgIpc) is 2.59. The molecular formula is C18H26N2O3. The summed E-state index contributed by atoms with van der Waals surface area (Å²) in [5.74, 6) is 1.16. The largest absolute Gasteiger partial charge is 0.484 e. The smallest absolute Gasteiger partial charge is 0.260 e. The highest BCUT2D eigenvalue weighted by molar-refractivity contribution is 5.78. The van der Waals surface area contributed by atoms with Crippen LogP contribution in [0.3, 0.4) is 0 Å². The fourth-order valence-electron chi connectivity index (χ4n) is 2.78. The molecular weight excluding hydrogens is 292 g/mol. The van der Waals surface area contributed by atoms with Gasteiger partial charge in [0.1, 0.15) is 5.75 Å². The van der Waals surface area contributed by atoms with Crippen LogP contribution in [0.1, 0.15) is 32.6 Å². The number of benzene rings is 1. The summed E-state index contributed by atoms with van der Waals surface area (Å²) in [5.41, 5.74) is 0. The van der Waals surface area contributed by atoms with Gasteiger partial charge in [0.2, 0.25) is 5.91 Å². The van der Waals surface area contributed by atoms with Gasteiger partial charge in [-0.25, -0.2) is 0 Å². The van der Waals surface area contributed by atoms with Gasteiger partial charge in [0.15, 0.2) is 6.61 Å². The zero-order valence-corrected chi connectivity index (χ0v) is 13.8. The number of hydrogen-bond donors (Lipinski definition) is 1. The molecule has 23 heavy (non-hydrogen) atoms. The van der Waals surface area contributed by atoms with Crippen LogP contribution in [0, 0.1) is 5.92 Å². The summed E-state index contributed by atoms with van der Waals surface area (Å²) in [6.45, 7) is 4.19. The van der Waals surface area contributed by atoms with E-state index >= 15 is 0 Å². The van der Waals surface area contributed by atoms with Crippen LogP contribution in [0.4, 0.5) is 0 Å². The Morgan fingerprint density at radius 2 is 2.09 bits per heavy atom. The van der Waals surface area contributed by atoms with Crippen molar-refractivity contribution in [1.29, 1.82) is 0 Å². The number of hydrogen-bond acceptors (Lipinski definition) is 3. The van der Waals surface area contributed by atoms with E-state index in [1.807, 2.05) is 42.2 Å². The molecule has 1 aliphatic heterocycles. The predicted molar refractivity (Wildman–Crippen MR) is 89.2 cm³/mol. The molecule has 0 radical (unpaired) electrons. The van der Waals surface area contributed by atoms with Gasteiger partial charge in [0.05, 0.1) is 0 Å². The maximum atomic E-state index is 12.3. The van der Waals surface area contributed by atoms with E-state index in [0.29, 0.717) is 31.2 Å². The van der Waals surface area contributed by atoms with Crippen LogP contribution >= 0.6 is 0 Å². The van der Waals surface area contributed by atoms with Crippen molar-refractivity contribution in [3.63, 3.8) is 0 Å². The number of amides is 2. The van der Waals surface area contributed by atoms with Gasteiger partial charge in [0, 0.05) is 26.1 Å². The first-order chi connectivity index (χ1) is 11.2. The number of likely N-dealkylation sites (tertiary alicyclic amines) is 1. The van der Waals surface area contributed by atoms with Crippen LogP contribution in [0.2, 0.25) is 0 Å². The lowest BCUT2D eigenvalue weighted by Gasteiger charge is -2.32. The molecule has 1 saturated heterocycles. The summed E-state index contributed by atoms with van der Waals surface area (Å²) in [6.07, 6.45) is 3.46. The van der Waals surface area contributed by atoms with E-state index in [4.69, 9.17) is 4.74 Å². The summed E-state index contributed by atoms with van der Waals surface area (Å²) in [6, 6.07) is 9.37. The third-order valence-corrected chi connectivity index (χ3v) is 4.04. The minimum atomic E-state index is 0.0124. The molecule has 1 atom stereocenters. The van der Waals surface area contributed by atoms with Crippen molar-refractivity contribution in [2.45, 2.75) is 32.6 Å². The third kappa shape index (κ3) is 5.93. The number of carbonyl (C=O) groups excluding carboxylic acids is 2. The highest BCUT2D eigenvalue weighted by Gasteiger charge is 2.24. The zero-order chi connectivity index (χ0) is 16.5. The van der Waals surface area contributed by atoms with Crippen molar-refractivity contribution in [1.82, 2.24) is 10.2 Å². The quantitative estimate of drug-likeness (QED) is 0.838. The van der Waals surface area contributed by atoms with Crippen LogP contribution in [0.15, 0.2) is 30.3 Å². The molecule has 0 spiro atoms. The first-order valence-electron chi connectivity index (χ1n) is 8.41. The van der Waals surface area contributed by atoms with E-state index in [1.165, 1.54) is 0 Å². The molecule has 0 aliphatic carbocycles. The van der Waals surface area contributed by atoms with E-state index in [9.17, 15) is 9.59 Å². The SMILES string of the molecule is CCCC(=O)NCC1CCCN(C(=O)COc2ccccc2)C1. The zero-order valence-electron chi connectivity index (χ0n) is 13.8. The molecule has 5 nitrogen and oxygen atoms in total. The van der Waals surface area contributed by atoms with Crippen molar-refractivity contribution >= 4 is 11.8 Å². The lowest BCUT2D eigenvalue weighted by molar-refractivity contribution is -0.135. The Morgan fingerprint density at radius 1 is 1.30 bits per heavy atom. The third-order valence-electron chi connectivity index (χ3n) is 4.04. The molecule has 0 aromatic heterocycles. The number of rotatable bonds is 7. The molecule has 1 fully saturated rings. The van der Waals surface area contributed by atoms with Crippen LogP contribution in [-0.2, 0) is 9.59 Å². The topological polar surface area (TPSA) is 58.6 Å². The second-order valence-electron chi connectivity index (χ2n) is 6.00. The van der Waals surface area contributed by atoms with Crippen molar-refractivity contribution < 1.29 is 14.3 Å². The minimum Gasteiger partial charge on any atom is -0.484 e. The molecule has 126 valence electrons. The van der Waals surface area contributed by atoms with Crippen LogP contribution in [0.25, 0.3) is 0 Å². The lowest BCUT2D eigenvalue weighted by atomic mass is 9.98. The minimum absolute atomic E-state index is 0.0124. The molecule has 0 saturated carbocycles. The molecule has 1 heterocycles. The number of nitrogens with zero attached hydrogens (tertiary/aromatic N) is 1. The van der Waals surface area contributed by atoms with Crippen molar-refractivity contribution in [2.24, 2.45) is 5.92 Å². The second kappa shape index (κ2) is 9.18. The number of nitrogens with one attached hydrogen (secondary N) is 1. The van der Waals surface area contributed by atoms with Crippen LogP contribution < -0.4 is 10.1 Å². The van der Waals surface area contributed by atoms with Crippen LogP contribution in [-0.4, -0.2) is 43.0 Å². The average molecular weight is 318 g/mol. The molecule has 1 N–H and O–H groups in total. The Kier molecular flexibility index (Phi) is 6.91.